The molecule has 0 N–H and O–H groups in total. The van der Waals surface area contributed by atoms with Crippen LogP contribution in [0.1, 0.15) is 0 Å². The first-order chi connectivity index (χ1) is 13.7. The molecule has 0 aliphatic rings. The fraction of sp³-hybridized carbons (Fsp3) is 0. The maximum Gasteiger partial charge on any atom is 0.182 e. The predicted octanol–water partition coefficient (Wildman–Crippen LogP) is 5.02. The first-order valence-corrected chi connectivity index (χ1v) is 8.51. The van der Waals surface area contributed by atoms with Crippen molar-refractivity contribution < 1.29 is 13.2 Å². The Morgan fingerprint density at radius 2 is 1.64 bits per heavy atom. The van der Waals surface area contributed by atoms with Crippen molar-refractivity contribution in [1.29, 1.82) is 0 Å². The molecule has 0 radical (unpaired) electrons. The Labute approximate surface area is 157 Å². The summed E-state index contributed by atoms with van der Waals surface area (Å²) in [6.07, 6.45) is 1.28. The maximum absolute atomic E-state index is 13.7. The molecule has 0 amide bonds. The Morgan fingerprint density at radius 1 is 0.821 bits per heavy atom. The van der Waals surface area contributed by atoms with Gasteiger partial charge in [-0.1, -0.05) is 23.4 Å². The van der Waals surface area contributed by atoms with E-state index in [9.17, 15) is 8.78 Å². The van der Waals surface area contributed by atoms with Crippen molar-refractivity contribution in [3.8, 4) is 28.3 Å². The molecule has 3 aromatic carbocycles. The number of hydrogen-bond donors (Lipinski definition) is 0. The predicted molar refractivity (Wildman–Crippen MR) is 99.7 cm³/mol. The van der Waals surface area contributed by atoms with E-state index in [4.69, 9.17) is 4.42 Å². The molecule has 0 saturated carbocycles. The molecule has 0 fully saturated rings. The van der Waals surface area contributed by atoms with Gasteiger partial charge in [-0.2, -0.15) is 0 Å². The number of oxazole rings is 1. The Balaban J connectivity index is 1.65. The van der Waals surface area contributed by atoms with E-state index < -0.39 is 11.6 Å². The Morgan fingerprint density at radius 3 is 2.46 bits per heavy atom. The zero-order valence-electron chi connectivity index (χ0n) is 14.4. The lowest BCUT2D eigenvalue weighted by atomic mass is 10.0. The van der Waals surface area contributed by atoms with Gasteiger partial charge in [-0.3, -0.25) is 0 Å². The highest BCUT2D eigenvalue weighted by molar-refractivity contribution is 5.85. The molecule has 0 unspecified atom stereocenters. The molecule has 0 bridgehead atoms. The first kappa shape index (κ1) is 16.3. The van der Waals surface area contributed by atoms with Crippen molar-refractivity contribution in [2.75, 3.05) is 0 Å². The zero-order valence-corrected chi connectivity index (χ0v) is 14.4. The van der Waals surface area contributed by atoms with Crippen LogP contribution in [0.5, 0.6) is 0 Å². The highest BCUT2D eigenvalue weighted by Crippen LogP contribution is 2.33. The van der Waals surface area contributed by atoms with Crippen LogP contribution in [-0.4, -0.2) is 20.0 Å². The highest BCUT2D eigenvalue weighted by atomic mass is 19.2. The Kier molecular flexibility index (Phi) is 3.72. The van der Waals surface area contributed by atoms with Crippen molar-refractivity contribution in [1.82, 2.24) is 20.0 Å². The number of nitrogens with zero attached hydrogens (tertiary/aromatic N) is 4. The summed E-state index contributed by atoms with van der Waals surface area (Å²) in [7, 11) is 0. The van der Waals surface area contributed by atoms with E-state index in [2.05, 4.69) is 15.3 Å². The quantitative estimate of drug-likeness (QED) is 0.445. The van der Waals surface area contributed by atoms with Gasteiger partial charge in [0.05, 0.1) is 11.2 Å². The molecule has 5 aromatic rings. The standard InChI is InChI=1S/C21H12F2N4O/c22-16-8-6-13(10-17(16)23)20-21(28-12-24-20)14-7-9-18-19(11-14)27(26-25-18)15-4-2-1-3-5-15/h1-12H. The molecule has 7 heteroatoms. The minimum absolute atomic E-state index is 0.428. The van der Waals surface area contributed by atoms with Crippen molar-refractivity contribution in [3.05, 3.63) is 84.8 Å². The number of para-hydroxylation sites is 1. The Bertz CT molecular complexity index is 1290. The number of halogens is 2. The molecule has 0 aliphatic carbocycles. The summed E-state index contributed by atoms with van der Waals surface area (Å²) in [6.45, 7) is 0. The number of hydrogen-bond acceptors (Lipinski definition) is 4. The maximum atomic E-state index is 13.7. The summed E-state index contributed by atoms with van der Waals surface area (Å²) in [4.78, 5) is 4.19. The van der Waals surface area contributed by atoms with Crippen LogP contribution >= 0.6 is 0 Å². The zero-order chi connectivity index (χ0) is 19.1. The lowest BCUT2D eigenvalue weighted by Gasteiger charge is -2.05. The SMILES string of the molecule is Fc1ccc(-c2ncoc2-c2ccc3nnn(-c4ccccc4)c3c2)cc1F. The number of aromatic nitrogens is 4. The summed E-state index contributed by atoms with van der Waals surface area (Å²) in [6, 6.07) is 18.8. The second-order valence-corrected chi connectivity index (χ2v) is 6.20. The molecule has 0 atom stereocenters. The fourth-order valence-electron chi connectivity index (χ4n) is 3.12. The second kappa shape index (κ2) is 6.38. The van der Waals surface area contributed by atoms with Gasteiger partial charge in [0, 0.05) is 11.1 Å². The third-order valence-electron chi connectivity index (χ3n) is 4.47. The van der Waals surface area contributed by atoms with Crippen molar-refractivity contribution in [3.63, 3.8) is 0 Å². The lowest BCUT2D eigenvalue weighted by Crippen LogP contribution is -1.96. The van der Waals surface area contributed by atoms with E-state index in [1.165, 1.54) is 12.5 Å². The van der Waals surface area contributed by atoms with Crippen molar-refractivity contribution >= 4 is 11.0 Å². The van der Waals surface area contributed by atoms with Crippen LogP contribution in [0.2, 0.25) is 0 Å². The smallest absolute Gasteiger partial charge is 0.182 e. The Hall–Kier alpha value is -3.87. The number of benzene rings is 3. The molecule has 0 saturated heterocycles. The molecule has 2 aromatic heterocycles. The van der Waals surface area contributed by atoms with E-state index >= 15 is 0 Å². The van der Waals surface area contributed by atoms with E-state index in [1.54, 1.807) is 4.68 Å². The van der Waals surface area contributed by atoms with Gasteiger partial charge in [-0.25, -0.2) is 18.4 Å². The molecule has 2 heterocycles. The van der Waals surface area contributed by atoms with Gasteiger partial charge in [-0.05, 0) is 48.5 Å². The summed E-state index contributed by atoms with van der Waals surface area (Å²) in [5.41, 5.74) is 3.97. The third kappa shape index (κ3) is 2.64. The van der Waals surface area contributed by atoms with Gasteiger partial charge in [0.2, 0.25) is 0 Å². The van der Waals surface area contributed by atoms with Crippen LogP contribution in [0.25, 0.3) is 39.3 Å². The van der Waals surface area contributed by atoms with Crippen LogP contribution < -0.4 is 0 Å². The van der Waals surface area contributed by atoms with Crippen LogP contribution in [0.15, 0.2) is 77.5 Å². The van der Waals surface area contributed by atoms with Gasteiger partial charge in [0.15, 0.2) is 23.8 Å². The summed E-state index contributed by atoms with van der Waals surface area (Å²) < 4.78 is 34.2. The molecule has 0 aliphatic heterocycles. The van der Waals surface area contributed by atoms with Gasteiger partial charge in [0.25, 0.3) is 0 Å². The van der Waals surface area contributed by atoms with E-state index in [-0.39, 0.29) is 0 Å². The van der Waals surface area contributed by atoms with Crippen LogP contribution in [-0.2, 0) is 0 Å². The average molecular weight is 374 g/mol. The number of fused-ring (bicyclic) bond motifs is 1. The summed E-state index contributed by atoms with van der Waals surface area (Å²) in [5, 5.41) is 8.41. The molecule has 5 rings (SSSR count). The van der Waals surface area contributed by atoms with Gasteiger partial charge in [-0.15, -0.1) is 5.10 Å². The van der Waals surface area contributed by atoms with Crippen LogP contribution in [0.3, 0.4) is 0 Å². The van der Waals surface area contributed by atoms with Gasteiger partial charge in [0.1, 0.15) is 11.2 Å². The minimum atomic E-state index is -0.937. The van der Waals surface area contributed by atoms with Gasteiger partial charge < -0.3 is 4.42 Å². The van der Waals surface area contributed by atoms with E-state index in [0.717, 1.165) is 34.4 Å². The van der Waals surface area contributed by atoms with E-state index in [1.807, 2.05) is 48.5 Å². The van der Waals surface area contributed by atoms with E-state index in [0.29, 0.717) is 17.0 Å². The molecule has 28 heavy (non-hydrogen) atoms. The van der Waals surface area contributed by atoms with Gasteiger partial charge >= 0.3 is 0 Å². The lowest BCUT2D eigenvalue weighted by molar-refractivity contribution is 0.509. The second-order valence-electron chi connectivity index (χ2n) is 6.20. The van der Waals surface area contributed by atoms with Crippen LogP contribution in [0.4, 0.5) is 8.78 Å². The summed E-state index contributed by atoms with van der Waals surface area (Å²) in [5.74, 6) is -1.39. The average Bonchev–Trinajstić information content (AvgIpc) is 3.37. The summed E-state index contributed by atoms with van der Waals surface area (Å²) >= 11 is 0. The topological polar surface area (TPSA) is 56.7 Å². The highest BCUT2D eigenvalue weighted by Gasteiger charge is 2.17. The fourth-order valence-corrected chi connectivity index (χ4v) is 3.12. The third-order valence-corrected chi connectivity index (χ3v) is 4.47. The number of rotatable bonds is 3. The molecule has 0 spiro atoms. The molecule has 5 nitrogen and oxygen atoms in total. The normalized spacial score (nSPS) is 11.2. The monoisotopic (exact) mass is 374 g/mol. The van der Waals surface area contributed by atoms with Crippen molar-refractivity contribution in [2.45, 2.75) is 0 Å². The molecular weight excluding hydrogens is 362 g/mol. The van der Waals surface area contributed by atoms with Crippen LogP contribution in [0, 0.1) is 11.6 Å². The largest absolute Gasteiger partial charge is 0.443 e. The van der Waals surface area contributed by atoms with Crippen molar-refractivity contribution in [2.24, 2.45) is 0 Å². The molecular formula is C21H12F2N4O. The first-order valence-electron chi connectivity index (χ1n) is 8.51. The molecule has 136 valence electrons. The minimum Gasteiger partial charge on any atom is -0.443 e.